The van der Waals surface area contributed by atoms with Crippen LogP contribution in [0.25, 0.3) is 0 Å². The molecular weight excluding hydrogens is 189 g/mol. The van der Waals surface area contributed by atoms with Crippen molar-refractivity contribution in [3.05, 3.63) is 35.6 Å². The average Bonchev–Trinajstić information content (AvgIpc) is 2.16. The van der Waals surface area contributed by atoms with E-state index < -0.39 is 0 Å². The highest BCUT2D eigenvalue weighted by molar-refractivity contribution is 5.29. The Morgan fingerprint density at radius 2 is 2.20 bits per heavy atom. The molecule has 1 aromatic carbocycles. The molecule has 0 amide bonds. The molecule has 0 heterocycles. The van der Waals surface area contributed by atoms with Gasteiger partial charge in [-0.2, -0.15) is 0 Å². The molecule has 0 aromatic heterocycles. The molecule has 1 aliphatic carbocycles. The highest BCUT2D eigenvalue weighted by atomic mass is 19.1. The molecule has 1 N–H and O–H groups in total. The fraction of sp³-hybridized carbons (Fsp3) is 0.538. The van der Waals surface area contributed by atoms with Gasteiger partial charge < -0.3 is 5.32 Å². The van der Waals surface area contributed by atoms with Crippen LogP contribution in [0.15, 0.2) is 24.3 Å². The van der Waals surface area contributed by atoms with Gasteiger partial charge in [-0.05, 0) is 37.1 Å². The third kappa shape index (κ3) is 2.05. The molecule has 82 valence electrons. The van der Waals surface area contributed by atoms with Crippen molar-refractivity contribution in [1.29, 1.82) is 0 Å². The lowest BCUT2D eigenvalue weighted by molar-refractivity contribution is 0.234. The molecular formula is C13H18FN. The third-order valence-electron chi connectivity index (χ3n) is 3.46. The second-order valence-electron chi connectivity index (χ2n) is 4.42. The number of likely N-dealkylation sites (N-methyl/N-ethyl adjacent to an activating group) is 1. The van der Waals surface area contributed by atoms with Crippen LogP contribution in [-0.4, -0.2) is 13.1 Å². The van der Waals surface area contributed by atoms with Crippen LogP contribution >= 0.6 is 0 Å². The Morgan fingerprint density at radius 1 is 1.40 bits per heavy atom. The van der Waals surface area contributed by atoms with Crippen LogP contribution in [0.3, 0.4) is 0 Å². The normalized spacial score (nSPS) is 18.5. The van der Waals surface area contributed by atoms with E-state index in [4.69, 9.17) is 0 Å². The summed E-state index contributed by atoms with van der Waals surface area (Å²) in [5.74, 6) is -0.115. The van der Waals surface area contributed by atoms with Gasteiger partial charge in [0.15, 0.2) is 0 Å². The lowest BCUT2D eigenvalue weighted by atomic mass is 9.64. The van der Waals surface area contributed by atoms with Crippen molar-refractivity contribution in [3.8, 4) is 0 Å². The SMILES string of the molecule is CCNCC1(c2cccc(F)c2)CCC1. The third-order valence-corrected chi connectivity index (χ3v) is 3.46. The zero-order valence-electron chi connectivity index (χ0n) is 9.22. The number of halogens is 1. The number of rotatable bonds is 4. The summed E-state index contributed by atoms with van der Waals surface area (Å²) in [5.41, 5.74) is 1.37. The van der Waals surface area contributed by atoms with Gasteiger partial charge in [0.1, 0.15) is 5.82 Å². The van der Waals surface area contributed by atoms with Crippen LogP contribution in [0.5, 0.6) is 0 Å². The molecule has 0 atom stereocenters. The lowest BCUT2D eigenvalue weighted by Gasteiger charge is -2.42. The minimum atomic E-state index is -0.115. The van der Waals surface area contributed by atoms with Gasteiger partial charge >= 0.3 is 0 Å². The summed E-state index contributed by atoms with van der Waals surface area (Å²) in [6.45, 7) is 4.07. The Morgan fingerprint density at radius 3 is 2.73 bits per heavy atom. The molecule has 0 saturated heterocycles. The maximum Gasteiger partial charge on any atom is 0.123 e. The van der Waals surface area contributed by atoms with E-state index in [-0.39, 0.29) is 11.2 Å². The van der Waals surface area contributed by atoms with Gasteiger partial charge in [0.25, 0.3) is 0 Å². The minimum absolute atomic E-state index is 0.115. The van der Waals surface area contributed by atoms with Gasteiger partial charge in [-0.25, -0.2) is 4.39 Å². The monoisotopic (exact) mass is 207 g/mol. The highest BCUT2D eigenvalue weighted by Crippen LogP contribution is 2.43. The minimum Gasteiger partial charge on any atom is -0.316 e. The first kappa shape index (κ1) is 10.6. The zero-order chi connectivity index (χ0) is 10.7. The fourth-order valence-electron chi connectivity index (χ4n) is 2.35. The maximum absolute atomic E-state index is 13.2. The van der Waals surface area contributed by atoms with Crippen molar-refractivity contribution in [2.75, 3.05) is 13.1 Å². The molecule has 2 rings (SSSR count). The summed E-state index contributed by atoms with van der Waals surface area (Å²) >= 11 is 0. The number of benzene rings is 1. The molecule has 1 nitrogen and oxygen atoms in total. The van der Waals surface area contributed by atoms with E-state index in [1.54, 1.807) is 6.07 Å². The molecule has 1 aromatic rings. The first-order chi connectivity index (χ1) is 7.27. The smallest absolute Gasteiger partial charge is 0.123 e. The van der Waals surface area contributed by atoms with Crippen molar-refractivity contribution in [1.82, 2.24) is 5.32 Å². The molecule has 0 aliphatic heterocycles. The van der Waals surface area contributed by atoms with E-state index in [2.05, 4.69) is 18.3 Å². The van der Waals surface area contributed by atoms with Crippen molar-refractivity contribution < 1.29 is 4.39 Å². The standard InChI is InChI=1S/C13H18FN/c1-2-15-10-13(7-4-8-13)11-5-3-6-12(14)9-11/h3,5-6,9,15H,2,4,7-8,10H2,1H3. The first-order valence-corrected chi connectivity index (χ1v) is 5.74. The van der Waals surface area contributed by atoms with Gasteiger partial charge in [-0.15, -0.1) is 0 Å². The predicted molar refractivity (Wildman–Crippen MR) is 60.5 cm³/mol. The molecule has 0 radical (unpaired) electrons. The summed E-state index contributed by atoms with van der Waals surface area (Å²) in [4.78, 5) is 0. The number of hydrogen-bond donors (Lipinski definition) is 1. The van der Waals surface area contributed by atoms with Crippen LogP contribution < -0.4 is 5.32 Å². The van der Waals surface area contributed by atoms with E-state index >= 15 is 0 Å². The van der Waals surface area contributed by atoms with Gasteiger partial charge in [0, 0.05) is 12.0 Å². The largest absolute Gasteiger partial charge is 0.316 e. The van der Waals surface area contributed by atoms with Crippen molar-refractivity contribution in [2.24, 2.45) is 0 Å². The quantitative estimate of drug-likeness (QED) is 0.800. The summed E-state index contributed by atoms with van der Waals surface area (Å²) in [7, 11) is 0. The lowest BCUT2D eigenvalue weighted by Crippen LogP contribution is -2.43. The maximum atomic E-state index is 13.2. The fourth-order valence-corrected chi connectivity index (χ4v) is 2.35. The van der Waals surface area contributed by atoms with Crippen molar-refractivity contribution >= 4 is 0 Å². The van der Waals surface area contributed by atoms with E-state index in [1.807, 2.05) is 6.07 Å². The Labute approximate surface area is 90.7 Å². The van der Waals surface area contributed by atoms with Crippen molar-refractivity contribution in [2.45, 2.75) is 31.6 Å². The van der Waals surface area contributed by atoms with E-state index in [0.717, 1.165) is 18.7 Å². The van der Waals surface area contributed by atoms with E-state index in [0.29, 0.717) is 0 Å². The molecule has 0 unspecified atom stereocenters. The van der Waals surface area contributed by atoms with Crippen LogP contribution in [0.4, 0.5) is 4.39 Å². The zero-order valence-corrected chi connectivity index (χ0v) is 9.22. The van der Waals surface area contributed by atoms with Crippen LogP contribution in [0, 0.1) is 5.82 Å². The van der Waals surface area contributed by atoms with E-state index in [9.17, 15) is 4.39 Å². The number of hydrogen-bond acceptors (Lipinski definition) is 1. The van der Waals surface area contributed by atoms with Crippen LogP contribution in [-0.2, 0) is 5.41 Å². The summed E-state index contributed by atoms with van der Waals surface area (Å²) in [6.07, 6.45) is 3.63. The van der Waals surface area contributed by atoms with Gasteiger partial charge in [0.2, 0.25) is 0 Å². The molecule has 1 fully saturated rings. The summed E-state index contributed by atoms with van der Waals surface area (Å²) in [6, 6.07) is 7.08. The Hall–Kier alpha value is -0.890. The highest BCUT2D eigenvalue weighted by Gasteiger charge is 2.38. The molecule has 1 aliphatic rings. The topological polar surface area (TPSA) is 12.0 Å². The molecule has 1 saturated carbocycles. The predicted octanol–water partition coefficient (Wildman–Crippen LogP) is 2.86. The first-order valence-electron chi connectivity index (χ1n) is 5.74. The van der Waals surface area contributed by atoms with Crippen LogP contribution in [0.1, 0.15) is 31.7 Å². The summed E-state index contributed by atoms with van der Waals surface area (Å²) < 4.78 is 13.2. The van der Waals surface area contributed by atoms with Gasteiger partial charge in [-0.1, -0.05) is 25.5 Å². The second-order valence-corrected chi connectivity index (χ2v) is 4.42. The Bertz CT molecular complexity index is 331. The average molecular weight is 207 g/mol. The Kier molecular flexibility index (Phi) is 3.06. The Balaban J connectivity index is 2.18. The summed E-state index contributed by atoms with van der Waals surface area (Å²) in [5, 5.41) is 3.39. The molecule has 0 spiro atoms. The van der Waals surface area contributed by atoms with Gasteiger partial charge in [0.05, 0.1) is 0 Å². The van der Waals surface area contributed by atoms with Crippen LogP contribution in [0.2, 0.25) is 0 Å². The molecule has 2 heteroatoms. The second kappa shape index (κ2) is 4.31. The number of nitrogens with one attached hydrogen (secondary N) is 1. The van der Waals surface area contributed by atoms with E-state index in [1.165, 1.54) is 25.3 Å². The molecule has 15 heavy (non-hydrogen) atoms. The van der Waals surface area contributed by atoms with Gasteiger partial charge in [-0.3, -0.25) is 0 Å². The molecule has 0 bridgehead atoms. The van der Waals surface area contributed by atoms with Crippen molar-refractivity contribution in [3.63, 3.8) is 0 Å².